The third-order valence-electron chi connectivity index (χ3n) is 4.06. The van der Waals surface area contributed by atoms with Crippen LogP contribution in [-0.2, 0) is 5.75 Å². The molecule has 0 aliphatic heterocycles. The fourth-order valence-corrected chi connectivity index (χ4v) is 4.08. The number of thioether (sulfide) groups is 1. The van der Waals surface area contributed by atoms with Crippen LogP contribution in [0.4, 0.5) is 0 Å². The summed E-state index contributed by atoms with van der Waals surface area (Å²) in [5.74, 6) is 1.49. The van der Waals surface area contributed by atoms with Gasteiger partial charge in [-0.3, -0.25) is 4.57 Å². The Hall–Kier alpha value is -2.27. The maximum Gasteiger partial charge on any atom is 0.196 e. The van der Waals surface area contributed by atoms with Crippen LogP contribution in [0.3, 0.4) is 0 Å². The molecule has 27 heavy (non-hydrogen) atoms. The fraction of sp³-hybridized carbons (Fsp3) is 0.0476. The minimum absolute atomic E-state index is 0.692. The van der Waals surface area contributed by atoms with Gasteiger partial charge in [-0.05, 0) is 48.0 Å². The summed E-state index contributed by atoms with van der Waals surface area (Å²) in [5, 5.41) is 11.1. The molecule has 3 aromatic carbocycles. The van der Waals surface area contributed by atoms with E-state index >= 15 is 0 Å². The van der Waals surface area contributed by atoms with E-state index in [2.05, 4.69) is 14.8 Å². The lowest BCUT2D eigenvalue weighted by Crippen LogP contribution is -1.99. The van der Waals surface area contributed by atoms with Crippen molar-refractivity contribution in [3.8, 4) is 17.1 Å². The van der Waals surface area contributed by atoms with E-state index < -0.39 is 0 Å². The van der Waals surface area contributed by atoms with Crippen molar-refractivity contribution in [2.75, 3.05) is 0 Å². The average Bonchev–Trinajstić information content (AvgIpc) is 3.12. The minimum atomic E-state index is 0.692. The van der Waals surface area contributed by atoms with Crippen LogP contribution >= 0.6 is 35.0 Å². The summed E-state index contributed by atoms with van der Waals surface area (Å²) in [6.45, 7) is 0. The molecule has 0 aliphatic carbocycles. The molecular weight excluding hydrogens is 397 g/mol. The second-order valence-corrected chi connectivity index (χ2v) is 7.65. The molecule has 0 N–H and O–H groups in total. The molecule has 4 rings (SSSR count). The Labute approximate surface area is 172 Å². The van der Waals surface area contributed by atoms with Gasteiger partial charge in [-0.15, -0.1) is 10.2 Å². The Morgan fingerprint density at radius 2 is 1.48 bits per heavy atom. The summed E-state index contributed by atoms with van der Waals surface area (Å²) in [7, 11) is 0. The smallest absolute Gasteiger partial charge is 0.196 e. The molecule has 0 saturated carbocycles. The minimum Gasteiger partial charge on any atom is -0.270 e. The Kier molecular flexibility index (Phi) is 5.48. The molecule has 0 saturated heterocycles. The topological polar surface area (TPSA) is 30.7 Å². The molecule has 0 bridgehead atoms. The number of hydrogen-bond donors (Lipinski definition) is 0. The molecule has 0 unspecified atom stereocenters. The van der Waals surface area contributed by atoms with Crippen molar-refractivity contribution in [2.45, 2.75) is 10.9 Å². The molecule has 0 fully saturated rings. The van der Waals surface area contributed by atoms with E-state index in [0.29, 0.717) is 10.8 Å². The maximum atomic E-state index is 6.29. The first kappa shape index (κ1) is 18.1. The normalized spacial score (nSPS) is 10.9. The van der Waals surface area contributed by atoms with E-state index in [0.717, 1.165) is 32.8 Å². The Morgan fingerprint density at radius 3 is 2.22 bits per heavy atom. The van der Waals surface area contributed by atoms with E-state index in [-0.39, 0.29) is 0 Å². The van der Waals surface area contributed by atoms with Gasteiger partial charge in [-0.1, -0.05) is 71.4 Å². The van der Waals surface area contributed by atoms with Gasteiger partial charge in [-0.2, -0.15) is 0 Å². The van der Waals surface area contributed by atoms with Crippen LogP contribution in [0, 0.1) is 0 Å². The quantitative estimate of drug-likeness (QED) is 0.349. The summed E-state index contributed by atoms with van der Waals surface area (Å²) in [5.41, 5.74) is 3.04. The van der Waals surface area contributed by atoms with Crippen molar-refractivity contribution < 1.29 is 0 Å². The number of nitrogens with zero attached hydrogens (tertiary/aromatic N) is 3. The van der Waals surface area contributed by atoms with Crippen molar-refractivity contribution in [2.24, 2.45) is 0 Å². The number of para-hydroxylation sites is 1. The lowest BCUT2D eigenvalue weighted by molar-refractivity contribution is 0.886. The Balaban J connectivity index is 1.73. The molecule has 0 spiro atoms. The van der Waals surface area contributed by atoms with Crippen LogP contribution < -0.4 is 0 Å². The SMILES string of the molecule is Clc1ccc(-c2nnc(SCc3ccccc3Cl)n2-c2ccccc2)cc1. The maximum absolute atomic E-state index is 6.29. The predicted octanol–water partition coefficient (Wildman–Crippen LogP) is 6.53. The van der Waals surface area contributed by atoms with Crippen LogP contribution in [-0.4, -0.2) is 14.8 Å². The summed E-state index contributed by atoms with van der Waals surface area (Å²) < 4.78 is 2.06. The number of rotatable bonds is 5. The Morgan fingerprint density at radius 1 is 0.778 bits per heavy atom. The van der Waals surface area contributed by atoms with Gasteiger partial charge in [-0.25, -0.2) is 0 Å². The van der Waals surface area contributed by atoms with Crippen LogP contribution in [0.25, 0.3) is 17.1 Å². The zero-order valence-electron chi connectivity index (χ0n) is 14.2. The zero-order chi connectivity index (χ0) is 18.6. The third-order valence-corrected chi connectivity index (χ3v) is 5.66. The van der Waals surface area contributed by atoms with Gasteiger partial charge in [0.25, 0.3) is 0 Å². The molecule has 0 radical (unpaired) electrons. The van der Waals surface area contributed by atoms with Gasteiger partial charge in [0.2, 0.25) is 0 Å². The number of hydrogen-bond acceptors (Lipinski definition) is 3. The van der Waals surface area contributed by atoms with E-state index in [1.807, 2.05) is 78.9 Å². The molecule has 134 valence electrons. The van der Waals surface area contributed by atoms with E-state index in [4.69, 9.17) is 23.2 Å². The first-order chi connectivity index (χ1) is 13.2. The molecule has 1 heterocycles. The Bertz CT molecular complexity index is 1050. The second kappa shape index (κ2) is 8.17. The molecule has 6 heteroatoms. The lowest BCUT2D eigenvalue weighted by Gasteiger charge is -2.10. The molecule has 0 aliphatic rings. The largest absolute Gasteiger partial charge is 0.270 e. The monoisotopic (exact) mass is 411 g/mol. The van der Waals surface area contributed by atoms with Crippen molar-refractivity contribution in [3.05, 3.63) is 94.5 Å². The zero-order valence-corrected chi connectivity index (χ0v) is 16.5. The van der Waals surface area contributed by atoms with E-state index in [1.165, 1.54) is 0 Å². The third kappa shape index (κ3) is 4.03. The van der Waals surface area contributed by atoms with Crippen LogP contribution in [0.15, 0.2) is 84.0 Å². The highest BCUT2D eigenvalue weighted by molar-refractivity contribution is 7.98. The molecule has 0 atom stereocenters. The first-order valence-corrected chi connectivity index (χ1v) is 10.1. The van der Waals surface area contributed by atoms with Crippen LogP contribution in [0.5, 0.6) is 0 Å². The highest BCUT2D eigenvalue weighted by Gasteiger charge is 2.16. The molecule has 3 nitrogen and oxygen atoms in total. The van der Waals surface area contributed by atoms with Gasteiger partial charge in [0.1, 0.15) is 0 Å². The summed E-state index contributed by atoms with van der Waals surface area (Å²) in [6, 6.07) is 25.6. The summed E-state index contributed by atoms with van der Waals surface area (Å²) in [4.78, 5) is 0. The van der Waals surface area contributed by atoms with Crippen LogP contribution in [0.1, 0.15) is 5.56 Å². The van der Waals surface area contributed by atoms with Gasteiger partial charge >= 0.3 is 0 Å². The highest BCUT2D eigenvalue weighted by Crippen LogP contribution is 2.31. The average molecular weight is 412 g/mol. The first-order valence-electron chi connectivity index (χ1n) is 8.35. The summed E-state index contributed by atoms with van der Waals surface area (Å²) >= 11 is 13.9. The van der Waals surface area contributed by atoms with Gasteiger partial charge < -0.3 is 0 Å². The van der Waals surface area contributed by atoms with E-state index in [1.54, 1.807) is 11.8 Å². The number of halogens is 2. The van der Waals surface area contributed by atoms with Gasteiger partial charge in [0.05, 0.1) is 0 Å². The van der Waals surface area contributed by atoms with Crippen molar-refractivity contribution in [1.82, 2.24) is 14.8 Å². The molecule has 1 aromatic heterocycles. The molecular formula is C21H15Cl2N3S. The van der Waals surface area contributed by atoms with Gasteiger partial charge in [0, 0.05) is 27.0 Å². The van der Waals surface area contributed by atoms with Crippen molar-refractivity contribution in [1.29, 1.82) is 0 Å². The van der Waals surface area contributed by atoms with Gasteiger partial charge in [0.15, 0.2) is 11.0 Å². The van der Waals surface area contributed by atoms with Crippen molar-refractivity contribution in [3.63, 3.8) is 0 Å². The fourth-order valence-electron chi connectivity index (χ4n) is 2.72. The standard InChI is InChI=1S/C21H15Cl2N3S/c22-17-12-10-15(11-13-17)20-24-25-21(26(20)18-7-2-1-3-8-18)27-14-16-6-4-5-9-19(16)23/h1-13H,14H2. The van der Waals surface area contributed by atoms with Crippen molar-refractivity contribution >= 4 is 35.0 Å². The second-order valence-electron chi connectivity index (χ2n) is 5.86. The van der Waals surface area contributed by atoms with E-state index in [9.17, 15) is 0 Å². The molecule has 4 aromatic rings. The lowest BCUT2D eigenvalue weighted by atomic mass is 10.2. The summed E-state index contributed by atoms with van der Waals surface area (Å²) in [6.07, 6.45) is 0. The molecule has 0 amide bonds. The highest BCUT2D eigenvalue weighted by atomic mass is 35.5. The number of aromatic nitrogens is 3. The predicted molar refractivity (Wildman–Crippen MR) is 113 cm³/mol. The van der Waals surface area contributed by atoms with Crippen LogP contribution in [0.2, 0.25) is 10.0 Å². The number of benzene rings is 3.